The van der Waals surface area contributed by atoms with Crippen LogP contribution >= 0.6 is 0 Å². The van der Waals surface area contributed by atoms with E-state index < -0.39 is 21.0 Å². The fraction of sp³-hybridized carbons (Fsp3) is 0.909. The smallest absolute Gasteiger partial charge is 0.320 e. The first kappa shape index (κ1) is 14.4. The monoisotopic (exact) mass is 263 g/mol. The molecule has 1 heterocycles. The lowest BCUT2D eigenvalue weighted by molar-refractivity contribution is -0.153. The molecule has 1 N–H and O–H groups in total. The van der Waals surface area contributed by atoms with Gasteiger partial charge >= 0.3 is 5.97 Å². The van der Waals surface area contributed by atoms with Gasteiger partial charge in [-0.1, -0.05) is 0 Å². The predicted molar refractivity (Wildman–Crippen MR) is 65.5 cm³/mol. The summed E-state index contributed by atoms with van der Waals surface area (Å²) >= 11 is 0. The van der Waals surface area contributed by atoms with Crippen molar-refractivity contribution in [2.75, 3.05) is 18.1 Å². The summed E-state index contributed by atoms with van der Waals surface area (Å²) in [5.74, 6) is -0.0869. The number of rotatable bonds is 3. The van der Waals surface area contributed by atoms with E-state index in [2.05, 4.69) is 5.32 Å². The highest BCUT2D eigenvalue weighted by atomic mass is 32.2. The average Bonchev–Trinajstić information content (AvgIpc) is 2.36. The Morgan fingerprint density at radius 1 is 1.41 bits per heavy atom. The summed E-state index contributed by atoms with van der Waals surface area (Å²) in [5, 5.41) is 2.98. The molecule has 0 aromatic carbocycles. The summed E-state index contributed by atoms with van der Waals surface area (Å²) in [6.07, 6.45) is 0.540. The molecule has 1 atom stereocenters. The maximum Gasteiger partial charge on any atom is 0.320 e. The molecule has 0 aromatic heterocycles. The van der Waals surface area contributed by atoms with E-state index >= 15 is 0 Å². The van der Waals surface area contributed by atoms with Crippen LogP contribution in [0.1, 0.15) is 34.1 Å². The summed E-state index contributed by atoms with van der Waals surface area (Å²) in [6.45, 7) is 7.26. The molecule has 1 rings (SSSR count). The molecular formula is C11H21NO4S. The molecule has 0 aromatic rings. The van der Waals surface area contributed by atoms with E-state index in [1.807, 2.05) is 6.92 Å². The Balaban J connectivity index is 2.44. The lowest BCUT2D eigenvalue weighted by Gasteiger charge is -2.25. The average molecular weight is 263 g/mol. The van der Waals surface area contributed by atoms with Crippen LogP contribution in [-0.4, -0.2) is 43.6 Å². The van der Waals surface area contributed by atoms with Crippen molar-refractivity contribution in [3.8, 4) is 0 Å². The molecule has 1 aliphatic rings. The Hall–Kier alpha value is -0.620. The second kappa shape index (κ2) is 4.57. The zero-order valence-electron chi connectivity index (χ0n) is 10.9. The SMILES string of the molecule is CC1(NCC(=O)OC(C)(C)C)CCS(=O)(=O)C1. The summed E-state index contributed by atoms with van der Waals surface area (Å²) in [5.41, 5.74) is -1.02. The van der Waals surface area contributed by atoms with Crippen LogP contribution in [0.3, 0.4) is 0 Å². The van der Waals surface area contributed by atoms with Gasteiger partial charge in [0, 0.05) is 5.54 Å². The van der Waals surface area contributed by atoms with Crippen molar-refractivity contribution in [1.82, 2.24) is 5.32 Å². The summed E-state index contributed by atoms with van der Waals surface area (Å²) < 4.78 is 27.9. The van der Waals surface area contributed by atoms with E-state index in [4.69, 9.17) is 4.74 Å². The molecule has 1 fully saturated rings. The first-order valence-corrected chi connectivity index (χ1v) is 7.51. The standard InChI is InChI=1S/C11H21NO4S/c1-10(2,3)16-9(13)7-12-11(4)5-6-17(14,15)8-11/h12H,5-8H2,1-4H3. The molecule has 0 radical (unpaired) electrons. The fourth-order valence-electron chi connectivity index (χ4n) is 1.81. The molecule has 100 valence electrons. The van der Waals surface area contributed by atoms with Crippen LogP contribution < -0.4 is 5.32 Å². The fourth-order valence-corrected chi connectivity index (χ4v) is 3.94. The first-order chi connectivity index (χ1) is 7.52. The third-order valence-electron chi connectivity index (χ3n) is 2.58. The zero-order chi connectivity index (χ0) is 13.3. The van der Waals surface area contributed by atoms with Crippen LogP contribution in [0.2, 0.25) is 0 Å². The highest BCUT2D eigenvalue weighted by Crippen LogP contribution is 2.22. The first-order valence-electron chi connectivity index (χ1n) is 5.69. The van der Waals surface area contributed by atoms with Crippen molar-refractivity contribution >= 4 is 15.8 Å². The summed E-state index contributed by atoms with van der Waals surface area (Å²) in [4.78, 5) is 11.5. The van der Waals surface area contributed by atoms with Crippen LogP contribution in [0, 0.1) is 0 Å². The summed E-state index contributed by atoms with van der Waals surface area (Å²) in [7, 11) is -2.95. The van der Waals surface area contributed by atoms with Crippen molar-refractivity contribution in [2.45, 2.75) is 45.3 Å². The van der Waals surface area contributed by atoms with E-state index in [9.17, 15) is 13.2 Å². The van der Waals surface area contributed by atoms with E-state index in [1.165, 1.54) is 0 Å². The Labute approximate surface area is 103 Å². The number of ether oxygens (including phenoxy) is 1. The molecule has 17 heavy (non-hydrogen) atoms. The van der Waals surface area contributed by atoms with Gasteiger partial charge in [0.1, 0.15) is 5.60 Å². The van der Waals surface area contributed by atoms with Crippen molar-refractivity contribution in [1.29, 1.82) is 0 Å². The van der Waals surface area contributed by atoms with Crippen LogP contribution in [-0.2, 0) is 19.4 Å². The van der Waals surface area contributed by atoms with Crippen molar-refractivity contribution in [2.24, 2.45) is 0 Å². The van der Waals surface area contributed by atoms with E-state index in [0.717, 1.165) is 0 Å². The minimum Gasteiger partial charge on any atom is -0.459 e. The van der Waals surface area contributed by atoms with Crippen LogP contribution in [0.4, 0.5) is 0 Å². The minimum atomic E-state index is -2.95. The lowest BCUT2D eigenvalue weighted by atomic mass is 10.0. The van der Waals surface area contributed by atoms with Gasteiger partial charge < -0.3 is 10.1 Å². The van der Waals surface area contributed by atoms with Gasteiger partial charge in [-0.05, 0) is 34.1 Å². The van der Waals surface area contributed by atoms with E-state index in [1.54, 1.807) is 20.8 Å². The third kappa shape index (κ3) is 5.04. The van der Waals surface area contributed by atoms with Crippen molar-refractivity contribution < 1.29 is 17.9 Å². The molecular weight excluding hydrogens is 242 g/mol. The highest BCUT2D eigenvalue weighted by Gasteiger charge is 2.38. The number of nitrogens with one attached hydrogen (secondary N) is 1. The molecule has 5 nitrogen and oxygen atoms in total. The number of carbonyl (C=O) groups is 1. The second-order valence-electron chi connectivity index (χ2n) is 5.84. The molecule has 0 bridgehead atoms. The van der Waals surface area contributed by atoms with Gasteiger partial charge in [-0.15, -0.1) is 0 Å². The number of carbonyl (C=O) groups excluding carboxylic acids is 1. The summed E-state index contributed by atoms with van der Waals surface area (Å²) in [6, 6.07) is 0. The van der Waals surface area contributed by atoms with Gasteiger partial charge in [-0.2, -0.15) is 0 Å². The van der Waals surface area contributed by atoms with Gasteiger partial charge in [0.25, 0.3) is 0 Å². The second-order valence-corrected chi connectivity index (χ2v) is 8.03. The molecule has 1 saturated heterocycles. The van der Waals surface area contributed by atoms with Crippen molar-refractivity contribution in [3.63, 3.8) is 0 Å². The van der Waals surface area contributed by atoms with Gasteiger partial charge in [-0.25, -0.2) is 8.42 Å². The predicted octanol–water partition coefficient (Wildman–Crippen LogP) is 0.495. The largest absolute Gasteiger partial charge is 0.459 e. The minimum absolute atomic E-state index is 0.0449. The molecule has 0 amide bonds. The number of sulfone groups is 1. The Kier molecular flexibility index (Phi) is 3.88. The molecule has 0 aliphatic carbocycles. The quantitative estimate of drug-likeness (QED) is 0.750. The highest BCUT2D eigenvalue weighted by molar-refractivity contribution is 7.91. The molecule has 1 unspecified atom stereocenters. The van der Waals surface area contributed by atoms with E-state index in [-0.39, 0.29) is 24.0 Å². The van der Waals surface area contributed by atoms with Crippen LogP contribution in [0.5, 0.6) is 0 Å². The van der Waals surface area contributed by atoms with E-state index in [0.29, 0.717) is 6.42 Å². The third-order valence-corrected chi connectivity index (χ3v) is 4.49. The Bertz CT molecular complexity index is 396. The molecule has 6 heteroatoms. The van der Waals surface area contributed by atoms with Crippen molar-refractivity contribution in [3.05, 3.63) is 0 Å². The molecule has 1 aliphatic heterocycles. The van der Waals surface area contributed by atoms with Gasteiger partial charge in [0.15, 0.2) is 9.84 Å². The van der Waals surface area contributed by atoms with Gasteiger partial charge in [-0.3, -0.25) is 4.79 Å². The maximum absolute atomic E-state index is 11.5. The van der Waals surface area contributed by atoms with Gasteiger partial charge in [0.05, 0.1) is 18.1 Å². The normalized spacial score (nSPS) is 28.0. The van der Waals surface area contributed by atoms with Gasteiger partial charge in [0.2, 0.25) is 0 Å². The van der Waals surface area contributed by atoms with Crippen LogP contribution in [0.15, 0.2) is 0 Å². The number of hydrogen-bond acceptors (Lipinski definition) is 5. The zero-order valence-corrected chi connectivity index (χ0v) is 11.7. The maximum atomic E-state index is 11.5. The molecule has 0 saturated carbocycles. The Morgan fingerprint density at radius 2 is 2.00 bits per heavy atom. The van der Waals surface area contributed by atoms with Crippen LogP contribution in [0.25, 0.3) is 0 Å². The number of esters is 1. The Morgan fingerprint density at radius 3 is 2.41 bits per heavy atom. The number of hydrogen-bond donors (Lipinski definition) is 1. The lowest BCUT2D eigenvalue weighted by Crippen LogP contribution is -2.46. The molecule has 0 spiro atoms. The topological polar surface area (TPSA) is 72.5 Å².